The van der Waals surface area contributed by atoms with Crippen molar-refractivity contribution < 1.29 is 4.42 Å². The number of furan rings is 1. The Morgan fingerprint density at radius 2 is 2.46 bits per heavy atom. The molecule has 1 rings (SSSR count). The molecule has 74 valence electrons. The standard InChI is InChI=1S/C10H17NOS/c1-2-6-13-8-9(11)7-10-4-3-5-12-10/h3-5,9H,2,6-8,11H2,1H3. The van der Waals surface area contributed by atoms with E-state index in [0.717, 1.165) is 17.9 Å². The van der Waals surface area contributed by atoms with E-state index in [1.807, 2.05) is 23.9 Å². The number of nitrogens with two attached hydrogens (primary N) is 1. The van der Waals surface area contributed by atoms with Crippen LogP contribution in [0, 0.1) is 0 Å². The first-order chi connectivity index (χ1) is 6.33. The van der Waals surface area contributed by atoms with Gasteiger partial charge in [0, 0.05) is 18.2 Å². The Morgan fingerprint density at radius 1 is 1.62 bits per heavy atom. The van der Waals surface area contributed by atoms with Crippen LogP contribution in [0.25, 0.3) is 0 Å². The second kappa shape index (κ2) is 6.11. The van der Waals surface area contributed by atoms with Crippen molar-refractivity contribution in [1.82, 2.24) is 0 Å². The maximum atomic E-state index is 5.92. The molecule has 0 aliphatic carbocycles. The average Bonchev–Trinajstić information content (AvgIpc) is 2.57. The zero-order valence-corrected chi connectivity index (χ0v) is 8.85. The predicted octanol–water partition coefficient (Wildman–Crippen LogP) is 2.29. The first-order valence-electron chi connectivity index (χ1n) is 4.68. The topological polar surface area (TPSA) is 39.2 Å². The van der Waals surface area contributed by atoms with Crippen molar-refractivity contribution in [3.05, 3.63) is 24.2 Å². The summed E-state index contributed by atoms with van der Waals surface area (Å²) >= 11 is 1.92. The lowest BCUT2D eigenvalue weighted by Gasteiger charge is -2.08. The van der Waals surface area contributed by atoms with Crippen LogP contribution in [0.5, 0.6) is 0 Å². The lowest BCUT2D eigenvalue weighted by Crippen LogP contribution is -2.25. The van der Waals surface area contributed by atoms with Gasteiger partial charge in [-0.1, -0.05) is 6.92 Å². The molecule has 1 atom stereocenters. The molecular weight excluding hydrogens is 182 g/mol. The molecule has 1 aromatic rings. The summed E-state index contributed by atoms with van der Waals surface area (Å²) in [4.78, 5) is 0. The lowest BCUT2D eigenvalue weighted by molar-refractivity contribution is 0.493. The molecule has 0 aliphatic rings. The molecule has 0 bridgehead atoms. The highest BCUT2D eigenvalue weighted by Crippen LogP contribution is 2.08. The Labute approximate surface area is 83.9 Å². The van der Waals surface area contributed by atoms with Gasteiger partial charge in [-0.3, -0.25) is 0 Å². The summed E-state index contributed by atoms with van der Waals surface area (Å²) in [6.07, 6.45) is 3.77. The summed E-state index contributed by atoms with van der Waals surface area (Å²) < 4.78 is 5.22. The van der Waals surface area contributed by atoms with Gasteiger partial charge in [0.2, 0.25) is 0 Å². The molecule has 2 nitrogen and oxygen atoms in total. The molecule has 0 amide bonds. The highest BCUT2D eigenvalue weighted by Gasteiger charge is 2.05. The second-order valence-corrected chi connectivity index (χ2v) is 4.27. The number of rotatable bonds is 6. The van der Waals surface area contributed by atoms with E-state index in [1.165, 1.54) is 12.2 Å². The Bertz CT molecular complexity index is 211. The molecule has 1 unspecified atom stereocenters. The SMILES string of the molecule is CCCSCC(N)Cc1ccco1. The van der Waals surface area contributed by atoms with Crippen LogP contribution in [0.1, 0.15) is 19.1 Å². The maximum Gasteiger partial charge on any atom is 0.105 e. The van der Waals surface area contributed by atoms with Crippen LogP contribution >= 0.6 is 11.8 Å². The Hall–Kier alpha value is -0.410. The molecule has 0 saturated heterocycles. The highest BCUT2D eigenvalue weighted by atomic mass is 32.2. The molecule has 1 heterocycles. The van der Waals surface area contributed by atoms with Gasteiger partial charge in [0.05, 0.1) is 6.26 Å². The van der Waals surface area contributed by atoms with Crippen LogP contribution in [0.2, 0.25) is 0 Å². The fraction of sp³-hybridized carbons (Fsp3) is 0.600. The van der Waals surface area contributed by atoms with E-state index in [0.29, 0.717) is 0 Å². The van der Waals surface area contributed by atoms with Crippen molar-refractivity contribution in [3.8, 4) is 0 Å². The van der Waals surface area contributed by atoms with E-state index in [-0.39, 0.29) is 6.04 Å². The normalized spacial score (nSPS) is 13.1. The van der Waals surface area contributed by atoms with E-state index < -0.39 is 0 Å². The minimum absolute atomic E-state index is 0.225. The van der Waals surface area contributed by atoms with E-state index in [1.54, 1.807) is 6.26 Å². The van der Waals surface area contributed by atoms with Gasteiger partial charge in [0.25, 0.3) is 0 Å². The summed E-state index contributed by atoms with van der Waals surface area (Å²) in [5, 5.41) is 0. The van der Waals surface area contributed by atoms with Gasteiger partial charge in [0.15, 0.2) is 0 Å². The molecule has 0 fully saturated rings. The number of thioether (sulfide) groups is 1. The summed E-state index contributed by atoms with van der Waals surface area (Å²) in [6, 6.07) is 4.11. The lowest BCUT2D eigenvalue weighted by atomic mass is 10.2. The van der Waals surface area contributed by atoms with Crippen LogP contribution < -0.4 is 5.73 Å². The van der Waals surface area contributed by atoms with Gasteiger partial charge >= 0.3 is 0 Å². The zero-order valence-electron chi connectivity index (χ0n) is 8.03. The highest BCUT2D eigenvalue weighted by molar-refractivity contribution is 7.99. The molecule has 0 aliphatic heterocycles. The van der Waals surface area contributed by atoms with Crippen LogP contribution in [0.4, 0.5) is 0 Å². The fourth-order valence-corrected chi connectivity index (χ4v) is 2.00. The van der Waals surface area contributed by atoms with Crippen LogP contribution in [0.15, 0.2) is 22.8 Å². The first-order valence-corrected chi connectivity index (χ1v) is 5.84. The van der Waals surface area contributed by atoms with Crippen molar-refractivity contribution in [2.24, 2.45) is 5.73 Å². The third-order valence-corrected chi connectivity index (χ3v) is 3.08. The zero-order chi connectivity index (χ0) is 9.52. The molecule has 0 saturated carbocycles. The van der Waals surface area contributed by atoms with Crippen LogP contribution in [-0.2, 0) is 6.42 Å². The largest absolute Gasteiger partial charge is 0.469 e. The molecule has 2 N–H and O–H groups in total. The van der Waals surface area contributed by atoms with Crippen molar-refractivity contribution in [1.29, 1.82) is 0 Å². The Balaban J connectivity index is 2.14. The predicted molar refractivity (Wildman–Crippen MR) is 58.0 cm³/mol. The van der Waals surface area contributed by atoms with Gasteiger partial charge in [-0.2, -0.15) is 11.8 Å². The van der Waals surface area contributed by atoms with Gasteiger partial charge in [-0.15, -0.1) is 0 Å². The molecule has 3 heteroatoms. The summed E-state index contributed by atoms with van der Waals surface area (Å²) in [6.45, 7) is 2.19. The molecular formula is C10H17NOS. The van der Waals surface area contributed by atoms with Gasteiger partial charge < -0.3 is 10.2 Å². The molecule has 1 aromatic heterocycles. The quantitative estimate of drug-likeness (QED) is 0.714. The van der Waals surface area contributed by atoms with Crippen molar-refractivity contribution in [2.45, 2.75) is 25.8 Å². The first kappa shape index (κ1) is 10.7. The van der Waals surface area contributed by atoms with Crippen molar-refractivity contribution in [3.63, 3.8) is 0 Å². The average molecular weight is 199 g/mol. The number of hydrogen-bond acceptors (Lipinski definition) is 3. The van der Waals surface area contributed by atoms with Crippen molar-refractivity contribution in [2.75, 3.05) is 11.5 Å². The molecule has 0 spiro atoms. The van der Waals surface area contributed by atoms with Gasteiger partial charge in [-0.25, -0.2) is 0 Å². The molecule has 0 radical (unpaired) electrons. The third kappa shape index (κ3) is 4.39. The second-order valence-electron chi connectivity index (χ2n) is 3.12. The smallest absolute Gasteiger partial charge is 0.105 e. The molecule has 0 aromatic carbocycles. The van der Waals surface area contributed by atoms with E-state index in [9.17, 15) is 0 Å². The fourth-order valence-electron chi connectivity index (χ4n) is 1.13. The minimum atomic E-state index is 0.225. The van der Waals surface area contributed by atoms with Crippen LogP contribution in [0.3, 0.4) is 0 Å². The molecule has 13 heavy (non-hydrogen) atoms. The van der Waals surface area contributed by atoms with Crippen molar-refractivity contribution >= 4 is 11.8 Å². The Morgan fingerprint density at radius 3 is 3.08 bits per heavy atom. The number of hydrogen-bond donors (Lipinski definition) is 1. The maximum absolute atomic E-state index is 5.92. The van der Waals surface area contributed by atoms with E-state index in [2.05, 4.69) is 6.92 Å². The summed E-state index contributed by atoms with van der Waals surface area (Å²) in [5.41, 5.74) is 5.92. The summed E-state index contributed by atoms with van der Waals surface area (Å²) in [7, 11) is 0. The Kier molecular flexibility index (Phi) is 5.01. The van der Waals surface area contributed by atoms with E-state index in [4.69, 9.17) is 10.2 Å². The van der Waals surface area contributed by atoms with Gasteiger partial charge in [0.1, 0.15) is 5.76 Å². The van der Waals surface area contributed by atoms with E-state index >= 15 is 0 Å². The van der Waals surface area contributed by atoms with Crippen LogP contribution in [-0.4, -0.2) is 17.5 Å². The minimum Gasteiger partial charge on any atom is -0.469 e. The van der Waals surface area contributed by atoms with Gasteiger partial charge in [-0.05, 0) is 24.3 Å². The summed E-state index contributed by atoms with van der Waals surface area (Å²) in [5.74, 6) is 3.21. The monoisotopic (exact) mass is 199 g/mol. The third-order valence-electron chi connectivity index (χ3n) is 1.72.